The Morgan fingerprint density at radius 2 is 1.08 bits per heavy atom. The molecule has 0 unspecified atom stereocenters. The first-order valence-corrected chi connectivity index (χ1v) is 16.1. The molecule has 136 valence electrons. The Balaban J connectivity index is 2.07. The number of hydrogen-bond donors (Lipinski definition) is 0. The quantitative estimate of drug-likeness (QED) is 0.628. The Labute approximate surface area is 156 Å². The third-order valence-electron chi connectivity index (χ3n) is 5.32. The standard InChI is InChI=1S/C21H34N2Si2/c1-7-13-24(3,4)20-11-9-18(22-16-20)15-19-10-12-21(17-23-19)25(5,6)14-8-2/h9-12,16-17H,7-8,13-15H2,1-6H3. The maximum atomic E-state index is 4.73. The van der Waals surface area contributed by atoms with Crippen molar-refractivity contribution in [1.82, 2.24) is 9.97 Å². The van der Waals surface area contributed by atoms with Gasteiger partial charge in [0.15, 0.2) is 0 Å². The van der Waals surface area contributed by atoms with Gasteiger partial charge in [-0.05, 0) is 22.5 Å². The van der Waals surface area contributed by atoms with Crippen LogP contribution in [0, 0.1) is 0 Å². The van der Waals surface area contributed by atoms with E-state index in [1.165, 1.54) is 35.3 Å². The number of rotatable bonds is 8. The Morgan fingerprint density at radius 1 is 0.680 bits per heavy atom. The van der Waals surface area contributed by atoms with Crippen LogP contribution in [-0.2, 0) is 6.42 Å². The molecule has 0 saturated heterocycles. The van der Waals surface area contributed by atoms with E-state index in [1.54, 1.807) is 0 Å². The third kappa shape index (κ3) is 5.35. The van der Waals surface area contributed by atoms with E-state index < -0.39 is 16.1 Å². The van der Waals surface area contributed by atoms with Crippen LogP contribution in [0.5, 0.6) is 0 Å². The topological polar surface area (TPSA) is 25.8 Å². The summed E-state index contributed by atoms with van der Waals surface area (Å²) < 4.78 is 0. The second-order valence-corrected chi connectivity index (χ2v) is 18.2. The largest absolute Gasteiger partial charge is 0.261 e. The SMILES string of the molecule is CCC[Si](C)(C)c1ccc(Cc2ccc([Si](C)(C)CCC)cn2)nc1. The zero-order valence-corrected chi connectivity index (χ0v) is 18.9. The van der Waals surface area contributed by atoms with E-state index in [1.807, 2.05) is 0 Å². The van der Waals surface area contributed by atoms with E-state index in [-0.39, 0.29) is 0 Å². The molecular formula is C21H34N2Si2. The lowest BCUT2D eigenvalue weighted by Gasteiger charge is -2.22. The van der Waals surface area contributed by atoms with Gasteiger partial charge in [0.25, 0.3) is 0 Å². The maximum absolute atomic E-state index is 4.73. The first kappa shape index (κ1) is 20.1. The molecule has 0 aliphatic rings. The molecule has 4 heteroatoms. The Bertz CT molecular complexity index is 602. The molecule has 25 heavy (non-hydrogen) atoms. The van der Waals surface area contributed by atoms with Crippen molar-refractivity contribution in [2.75, 3.05) is 0 Å². The van der Waals surface area contributed by atoms with E-state index >= 15 is 0 Å². The number of nitrogens with zero attached hydrogens (tertiary/aromatic N) is 2. The molecule has 0 N–H and O–H groups in total. The van der Waals surface area contributed by atoms with Crippen molar-refractivity contribution in [2.24, 2.45) is 0 Å². The highest BCUT2D eigenvalue weighted by molar-refractivity contribution is 6.90. The number of pyridine rings is 2. The highest BCUT2D eigenvalue weighted by Gasteiger charge is 2.23. The van der Waals surface area contributed by atoms with E-state index in [2.05, 4.69) is 76.7 Å². The van der Waals surface area contributed by atoms with Crippen molar-refractivity contribution in [3.05, 3.63) is 48.0 Å². The van der Waals surface area contributed by atoms with Crippen LogP contribution in [0.2, 0.25) is 38.3 Å². The lowest BCUT2D eigenvalue weighted by molar-refractivity contribution is 1.01. The second-order valence-electron chi connectivity index (χ2n) is 8.52. The molecule has 2 nitrogen and oxygen atoms in total. The van der Waals surface area contributed by atoms with Crippen molar-refractivity contribution in [1.29, 1.82) is 0 Å². The van der Waals surface area contributed by atoms with Crippen LogP contribution in [0.25, 0.3) is 0 Å². The zero-order chi connectivity index (χ0) is 18.5. The van der Waals surface area contributed by atoms with Gasteiger partial charge in [0.05, 0.1) is 16.1 Å². The lowest BCUT2D eigenvalue weighted by Crippen LogP contribution is -2.41. The minimum absolute atomic E-state index is 0.825. The van der Waals surface area contributed by atoms with Gasteiger partial charge >= 0.3 is 0 Å². The summed E-state index contributed by atoms with van der Waals surface area (Å²) in [7, 11) is -2.61. The van der Waals surface area contributed by atoms with Crippen molar-refractivity contribution in [2.45, 2.75) is 71.4 Å². The Morgan fingerprint density at radius 3 is 1.36 bits per heavy atom. The lowest BCUT2D eigenvalue weighted by atomic mass is 10.2. The molecule has 0 spiro atoms. The number of hydrogen-bond acceptors (Lipinski definition) is 2. The summed E-state index contributed by atoms with van der Waals surface area (Å²) in [5, 5.41) is 2.93. The van der Waals surface area contributed by atoms with Gasteiger partial charge in [-0.2, -0.15) is 0 Å². The first-order chi connectivity index (χ1) is 11.8. The molecular weight excluding hydrogens is 336 g/mol. The molecule has 0 saturated carbocycles. The van der Waals surface area contributed by atoms with Gasteiger partial charge in [-0.3, -0.25) is 9.97 Å². The summed E-state index contributed by atoms with van der Waals surface area (Å²) in [6.07, 6.45) is 7.57. The minimum Gasteiger partial charge on any atom is -0.261 e. The monoisotopic (exact) mass is 370 g/mol. The van der Waals surface area contributed by atoms with E-state index in [0.29, 0.717) is 0 Å². The molecule has 0 aromatic carbocycles. The molecule has 0 radical (unpaired) electrons. The van der Waals surface area contributed by atoms with Crippen LogP contribution in [-0.4, -0.2) is 26.1 Å². The molecule has 0 aliphatic heterocycles. The smallest absolute Gasteiger partial charge is 0.0826 e. The predicted molar refractivity (Wildman–Crippen MR) is 116 cm³/mol. The van der Waals surface area contributed by atoms with E-state index in [4.69, 9.17) is 9.97 Å². The second kappa shape index (κ2) is 8.41. The molecule has 2 heterocycles. The molecule has 0 fully saturated rings. The highest BCUT2D eigenvalue weighted by atomic mass is 28.3. The fourth-order valence-electron chi connectivity index (χ4n) is 3.58. The van der Waals surface area contributed by atoms with Crippen molar-refractivity contribution in [3.63, 3.8) is 0 Å². The van der Waals surface area contributed by atoms with E-state index in [0.717, 1.165) is 17.8 Å². The predicted octanol–water partition coefficient (Wildman–Crippen LogP) is 4.72. The average Bonchev–Trinajstić information content (AvgIpc) is 2.56. The molecule has 2 aromatic heterocycles. The van der Waals surface area contributed by atoms with Crippen LogP contribution < -0.4 is 10.4 Å². The molecule has 0 atom stereocenters. The van der Waals surface area contributed by atoms with Gasteiger partial charge in [-0.15, -0.1) is 0 Å². The van der Waals surface area contributed by atoms with Crippen LogP contribution in [0.15, 0.2) is 36.7 Å². The van der Waals surface area contributed by atoms with Crippen LogP contribution in [0.1, 0.15) is 38.1 Å². The molecule has 0 bridgehead atoms. The first-order valence-electron chi connectivity index (χ1n) is 9.69. The number of aromatic nitrogens is 2. The molecule has 0 amide bonds. The Kier molecular flexibility index (Phi) is 6.74. The molecule has 2 rings (SSSR count). The average molecular weight is 371 g/mol. The van der Waals surface area contributed by atoms with Crippen molar-refractivity contribution >= 4 is 26.5 Å². The normalized spacial score (nSPS) is 12.4. The van der Waals surface area contributed by atoms with Crippen LogP contribution in [0.4, 0.5) is 0 Å². The van der Waals surface area contributed by atoms with Crippen LogP contribution in [0.3, 0.4) is 0 Å². The minimum atomic E-state index is -1.30. The van der Waals surface area contributed by atoms with Crippen molar-refractivity contribution < 1.29 is 0 Å². The summed E-state index contributed by atoms with van der Waals surface area (Å²) >= 11 is 0. The molecule has 0 aliphatic carbocycles. The summed E-state index contributed by atoms with van der Waals surface area (Å²) in [6, 6.07) is 11.7. The zero-order valence-electron chi connectivity index (χ0n) is 16.9. The fraction of sp³-hybridized carbons (Fsp3) is 0.524. The third-order valence-corrected chi connectivity index (χ3v) is 12.5. The van der Waals surface area contributed by atoms with E-state index in [9.17, 15) is 0 Å². The van der Waals surface area contributed by atoms with Crippen molar-refractivity contribution in [3.8, 4) is 0 Å². The van der Waals surface area contributed by atoms with Gasteiger partial charge in [-0.25, -0.2) is 0 Å². The van der Waals surface area contributed by atoms with Gasteiger partial charge in [0.2, 0.25) is 0 Å². The molecule has 2 aromatic rings. The van der Waals surface area contributed by atoms with Gasteiger partial charge < -0.3 is 0 Å². The summed E-state index contributed by atoms with van der Waals surface area (Å²) in [4.78, 5) is 9.45. The van der Waals surface area contributed by atoms with Crippen LogP contribution >= 0.6 is 0 Å². The van der Waals surface area contributed by atoms with Gasteiger partial charge in [0.1, 0.15) is 0 Å². The summed E-state index contributed by atoms with van der Waals surface area (Å²) in [5.41, 5.74) is 2.24. The highest BCUT2D eigenvalue weighted by Crippen LogP contribution is 2.14. The summed E-state index contributed by atoms with van der Waals surface area (Å²) in [6.45, 7) is 14.3. The maximum Gasteiger partial charge on any atom is 0.0826 e. The van der Waals surface area contributed by atoms with Gasteiger partial charge in [0, 0.05) is 30.2 Å². The Hall–Kier alpha value is -1.27. The van der Waals surface area contributed by atoms with Gasteiger partial charge in [-0.1, -0.05) is 77.1 Å². The summed E-state index contributed by atoms with van der Waals surface area (Å²) in [5.74, 6) is 0. The fourth-order valence-corrected chi connectivity index (χ4v) is 8.56.